The quantitative estimate of drug-likeness (QED) is 0.536. The zero-order valence-corrected chi connectivity index (χ0v) is 20.8. The average molecular weight is 499 g/mol. The minimum Gasteiger partial charge on any atom is -0.368 e. The summed E-state index contributed by atoms with van der Waals surface area (Å²) in [6.07, 6.45) is 4.83. The highest BCUT2D eigenvalue weighted by molar-refractivity contribution is 7.99. The van der Waals surface area contributed by atoms with Crippen LogP contribution >= 0.6 is 11.8 Å². The maximum atomic E-state index is 12.8. The summed E-state index contributed by atoms with van der Waals surface area (Å²) in [6, 6.07) is 10.6. The highest BCUT2D eigenvalue weighted by Gasteiger charge is 2.48. The van der Waals surface area contributed by atoms with Gasteiger partial charge >= 0.3 is 0 Å². The Bertz CT molecular complexity index is 974. The third-order valence-corrected chi connectivity index (χ3v) is 8.58. The third kappa shape index (κ3) is 5.87. The van der Waals surface area contributed by atoms with Gasteiger partial charge in [0.1, 0.15) is 12.4 Å². The van der Waals surface area contributed by atoms with Crippen LogP contribution < -0.4 is 5.32 Å². The summed E-state index contributed by atoms with van der Waals surface area (Å²) in [7, 11) is 0. The lowest BCUT2D eigenvalue weighted by atomic mass is 9.70. The number of piperidine rings is 1. The van der Waals surface area contributed by atoms with Crippen LogP contribution in [0.1, 0.15) is 31.2 Å². The van der Waals surface area contributed by atoms with Gasteiger partial charge in [-0.1, -0.05) is 42.1 Å². The maximum Gasteiger partial charge on any atom is 0.249 e. The molecule has 2 amide bonds. The zero-order chi connectivity index (χ0) is 24.1. The number of rotatable bonds is 8. The van der Waals surface area contributed by atoms with E-state index in [0.717, 1.165) is 58.4 Å². The van der Waals surface area contributed by atoms with Crippen molar-refractivity contribution >= 4 is 23.6 Å². The smallest absolute Gasteiger partial charge is 0.249 e. The molecule has 3 aliphatic heterocycles. The number of likely N-dealkylation sites (tertiary alicyclic amines) is 2. The summed E-state index contributed by atoms with van der Waals surface area (Å²) in [5, 5.41) is 10.5. The highest BCUT2D eigenvalue weighted by Crippen LogP contribution is 2.45. The lowest BCUT2D eigenvalue weighted by Gasteiger charge is -2.43. The number of amides is 2. The fourth-order valence-electron chi connectivity index (χ4n) is 5.76. The monoisotopic (exact) mass is 498 g/mol. The number of H-pyrrole nitrogens is 1. The molecule has 4 heterocycles. The molecule has 1 aromatic carbocycles. The second-order valence-corrected chi connectivity index (χ2v) is 10.9. The predicted molar refractivity (Wildman–Crippen MR) is 133 cm³/mol. The molecule has 2 N–H and O–H groups in total. The normalized spacial score (nSPS) is 24.2. The third-order valence-electron chi connectivity index (χ3n) is 7.71. The number of aromatic nitrogens is 3. The van der Waals surface area contributed by atoms with E-state index in [1.54, 1.807) is 0 Å². The van der Waals surface area contributed by atoms with Gasteiger partial charge in [-0.3, -0.25) is 19.6 Å². The molecule has 2 atom stereocenters. The van der Waals surface area contributed by atoms with Crippen LogP contribution in [-0.4, -0.2) is 88.0 Å². The summed E-state index contributed by atoms with van der Waals surface area (Å²) >= 11 is 1.39. The molecular weight excluding hydrogens is 464 g/mol. The van der Waals surface area contributed by atoms with E-state index in [1.807, 2.05) is 11.0 Å². The first-order valence-corrected chi connectivity index (χ1v) is 13.5. The van der Waals surface area contributed by atoms with Gasteiger partial charge in [-0.05, 0) is 42.6 Å². The number of benzene rings is 1. The Balaban J connectivity index is 1.20. The van der Waals surface area contributed by atoms with Gasteiger partial charge in [-0.25, -0.2) is 4.98 Å². The number of carbonyl (C=O) groups is 2. The summed E-state index contributed by atoms with van der Waals surface area (Å²) in [6.45, 7) is 5.72. The maximum absolute atomic E-state index is 12.8. The van der Waals surface area contributed by atoms with Gasteiger partial charge in [0.05, 0.1) is 5.75 Å². The number of carbonyl (C=O) groups excluding carboxylic acids is 2. The fourth-order valence-corrected chi connectivity index (χ4v) is 6.44. The van der Waals surface area contributed by atoms with E-state index in [2.05, 4.69) is 49.7 Å². The Morgan fingerprint density at radius 3 is 2.77 bits per heavy atom. The van der Waals surface area contributed by atoms with Gasteiger partial charge in [0.25, 0.3) is 0 Å². The van der Waals surface area contributed by atoms with Crippen molar-refractivity contribution in [2.75, 3.05) is 45.1 Å². The molecule has 9 nitrogen and oxygen atoms in total. The fraction of sp³-hybridized carbons (Fsp3) is 0.600. The second kappa shape index (κ2) is 11.1. The SMILES string of the molecule is O=C(NCC1CN(Cc2ccccc2)CC12CCN(C(=O)CSc1ncn[nH]1)CC2)C1CCCO1. The summed E-state index contributed by atoms with van der Waals surface area (Å²) < 4.78 is 5.58. The van der Waals surface area contributed by atoms with Crippen molar-refractivity contribution in [2.24, 2.45) is 11.3 Å². The van der Waals surface area contributed by atoms with Crippen molar-refractivity contribution in [3.05, 3.63) is 42.2 Å². The minimum atomic E-state index is -0.297. The van der Waals surface area contributed by atoms with E-state index >= 15 is 0 Å². The summed E-state index contributed by atoms with van der Waals surface area (Å²) in [5.74, 6) is 0.889. The van der Waals surface area contributed by atoms with Crippen LogP contribution in [0.4, 0.5) is 0 Å². The molecule has 2 aromatic rings. The Morgan fingerprint density at radius 2 is 2.06 bits per heavy atom. The van der Waals surface area contributed by atoms with E-state index < -0.39 is 0 Å². The number of ether oxygens (including phenoxy) is 1. The van der Waals surface area contributed by atoms with Gasteiger partial charge < -0.3 is 15.0 Å². The predicted octanol–water partition coefficient (Wildman–Crippen LogP) is 1.93. The van der Waals surface area contributed by atoms with Crippen LogP contribution in [0.25, 0.3) is 0 Å². The molecule has 2 unspecified atom stereocenters. The highest BCUT2D eigenvalue weighted by atomic mass is 32.2. The van der Waals surface area contributed by atoms with Crippen LogP contribution in [0.15, 0.2) is 41.8 Å². The van der Waals surface area contributed by atoms with Gasteiger partial charge in [-0.15, -0.1) is 0 Å². The average Bonchev–Trinajstić information content (AvgIpc) is 3.65. The number of nitrogens with zero attached hydrogens (tertiary/aromatic N) is 4. The number of aromatic amines is 1. The molecule has 0 bridgehead atoms. The van der Waals surface area contributed by atoms with Gasteiger partial charge in [0, 0.05) is 45.9 Å². The van der Waals surface area contributed by atoms with Crippen LogP contribution in [0, 0.1) is 11.3 Å². The molecular formula is C25H34N6O3S. The number of thioether (sulfide) groups is 1. The molecule has 1 spiro atoms. The number of nitrogens with one attached hydrogen (secondary N) is 2. The van der Waals surface area contributed by atoms with Gasteiger partial charge in [-0.2, -0.15) is 5.10 Å². The molecule has 0 saturated carbocycles. The Morgan fingerprint density at radius 1 is 1.23 bits per heavy atom. The van der Waals surface area contributed by atoms with Crippen molar-refractivity contribution in [1.82, 2.24) is 30.3 Å². The van der Waals surface area contributed by atoms with Crippen molar-refractivity contribution < 1.29 is 14.3 Å². The Labute approximate surface area is 210 Å². The molecule has 0 radical (unpaired) electrons. The molecule has 10 heteroatoms. The molecule has 35 heavy (non-hydrogen) atoms. The molecule has 3 aliphatic rings. The van der Waals surface area contributed by atoms with Gasteiger partial charge in [0.2, 0.25) is 11.8 Å². The first kappa shape index (κ1) is 24.3. The van der Waals surface area contributed by atoms with E-state index in [9.17, 15) is 9.59 Å². The molecule has 3 fully saturated rings. The standard InChI is InChI=1S/C25H34N6O3S/c32-22(16-35-24-27-18-28-29-24)31-10-8-25(9-11-31)17-30(14-19-5-2-1-3-6-19)15-20(25)13-26-23(33)21-7-4-12-34-21/h1-3,5-6,18,20-21H,4,7-17H2,(H,26,33)(H,27,28,29). The summed E-state index contributed by atoms with van der Waals surface area (Å²) in [4.78, 5) is 34.0. The van der Waals surface area contributed by atoms with Crippen molar-refractivity contribution in [2.45, 2.75) is 43.5 Å². The van der Waals surface area contributed by atoms with Crippen molar-refractivity contribution in [3.63, 3.8) is 0 Å². The topological polar surface area (TPSA) is 103 Å². The molecule has 1 aromatic heterocycles. The van der Waals surface area contributed by atoms with Crippen LogP contribution in [0.3, 0.4) is 0 Å². The first-order valence-electron chi connectivity index (χ1n) is 12.5. The molecule has 5 rings (SSSR count). The largest absolute Gasteiger partial charge is 0.368 e. The Hall–Kier alpha value is -2.43. The van der Waals surface area contributed by atoms with E-state index in [1.165, 1.54) is 23.7 Å². The van der Waals surface area contributed by atoms with E-state index in [4.69, 9.17) is 4.74 Å². The number of hydrogen-bond acceptors (Lipinski definition) is 7. The zero-order valence-electron chi connectivity index (χ0n) is 20.0. The lowest BCUT2D eigenvalue weighted by molar-refractivity contribution is -0.131. The van der Waals surface area contributed by atoms with Crippen molar-refractivity contribution in [3.8, 4) is 0 Å². The van der Waals surface area contributed by atoms with Gasteiger partial charge in [0.15, 0.2) is 5.16 Å². The van der Waals surface area contributed by atoms with Crippen LogP contribution in [-0.2, 0) is 20.9 Å². The molecule has 0 aliphatic carbocycles. The lowest BCUT2D eigenvalue weighted by Crippen LogP contribution is -2.49. The second-order valence-electron chi connectivity index (χ2n) is 9.92. The first-order chi connectivity index (χ1) is 17.1. The van der Waals surface area contributed by atoms with Crippen LogP contribution in [0.2, 0.25) is 0 Å². The minimum absolute atomic E-state index is 0.0243. The molecule has 188 valence electrons. The van der Waals surface area contributed by atoms with E-state index in [0.29, 0.717) is 30.0 Å². The van der Waals surface area contributed by atoms with Crippen molar-refractivity contribution in [1.29, 1.82) is 0 Å². The number of hydrogen-bond donors (Lipinski definition) is 2. The Kier molecular flexibility index (Phi) is 7.69. The van der Waals surface area contributed by atoms with Crippen LogP contribution in [0.5, 0.6) is 0 Å². The van der Waals surface area contributed by atoms with E-state index in [-0.39, 0.29) is 23.3 Å². The summed E-state index contributed by atoms with van der Waals surface area (Å²) in [5.41, 5.74) is 1.41. The molecule has 3 saturated heterocycles.